The molecule has 1 aliphatic heterocycles. The van der Waals surface area contributed by atoms with Crippen LogP contribution in [0, 0.1) is 0 Å². The number of halogens is 2. The van der Waals surface area contributed by atoms with E-state index >= 15 is 0 Å². The lowest BCUT2D eigenvalue weighted by Crippen LogP contribution is -2.30. The van der Waals surface area contributed by atoms with E-state index in [9.17, 15) is 9.59 Å². The number of aliphatic carboxylic acids is 1. The van der Waals surface area contributed by atoms with Crippen LogP contribution in [0.4, 0.5) is 0 Å². The summed E-state index contributed by atoms with van der Waals surface area (Å²) in [5.74, 6) is -1.89. The van der Waals surface area contributed by atoms with Gasteiger partial charge in [-0.1, -0.05) is 11.6 Å². The Labute approximate surface area is 84.1 Å². The number of cyclic esters (lactones) is 1. The van der Waals surface area contributed by atoms with E-state index in [1.54, 1.807) is 0 Å². The van der Waals surface area contributed by atoms with Crippen LogP contribution in [0.3, 0.4) is 0 Å². The predicted molar refractivity (Wildman–Crippen MR) is 45.7 cm³/mol. The quantitative estimate of drug-likeness (QED) is 0.564. The van der Waals surface area contributed by atoms with Crippen LogP contribution in [0.5, 0.6) is 0 Å². The molecule has 2 unspecified atom stereocenters. The number of carboxylic acids is 1. The number of ether oxygens (including phenoxy) is 1. The molecule has 13 heavy (non-hydrogen) atoms. The number of hydrogen-bond donors (Lipinski definition) is 1. The molecule has 0 radical (unpaired) electrons. The summed E-state index contributed by atoms with van der Waals surface area (Å²) in [5.41, 5.74) is 0.207. The van der Waals surface area contributed by atoms with E-state index in [0.717, 1.165) is 0 Å². The first kappa shape index (κ1) is 10.3. The van der Waals surface area contributed by atoms with Gasteiger partial charge in [-0.3, -0.25) is 4.79 Å². The van der Waals surface area contributed by atoms with E-state index in [1.807, 2.05) is 0 Å². The van der Waals surface area contributed by atoms with Crippen LogP contribution in [0.15, 0.2) is 10.6 Å². The Balaban J connectivity index is 2.88. The lowest BCUT2D eigenvalue weighted by molar-refractivity contribution is -0.144. The van der Waals surface area contributed by atoms with Gasteiger partial charge in [0.15, 0.2) is 11.5 Å². The zero-order valence-electron chi connectivity index (χ0n) is 6.58. The molecule has 0 aromatic carbocycles. The van der Waals surface area contributed by atoms with E-state index in [0.29, 0.717) is 0 Å². The van der Waals surface area contributed by atoms with Gasteiger partial charge in [-0.25, -0.2) is 4.79 Å². The Morgan fingerprint density at radius 1 is 1.69 bits per heavy atom. The number of esters is 1. The molecule has 0 saturated heterocycles. The fraction of sp³-hybridized carbons (Fsp3) is 0.429. The average molecular weight is 225 g/mol. The number of carbonyl (C=O) groups excluding carboxylic acids is 1. The highest BCUT2D eigenvalue weighted by atomic mass is 35.5. The van der Waals surface area contributed by atoms with E-state index in [2.05, 4.69) is 4.74 Å². The lowest BCUT2D eigenvalue weighted by atomic mass is 10.2. The van der Waals surface area contributed by atoms with Crippen molar-refractivity contribution in [3.8, 4) is 0 Å². The van der Waals surface area contributed by atoms with Gasteiger partial charge in [0.25, 0.3) is 0 Å². The third-order valence-electron chi connectivity index (χ3n) is 1.65. The molecule has 0 bridgehead atoms. The fourth-order valence-electron chi connectivity index (χ4n) is 0.884. The minimum absolute atomic E-state index is 0.0624. The van der Waals surface area contributed by atoms with Crippen LogP contribution in [0.2, 0.25) is 0 Å². The lowest BCUT2D eigenvalue weighted by Gasteiger charge is -2.12. The molecule has 0 amide bonds. The molecule has 2 atom stereocenters. The molecule has 0 aromatic heterocycles. The monoisotopic (exact) mass is 224 g/mol. The summed E-state index contributed by atoms with van der Waals surface area (Å²) in [6.45, 7) is 1.45. The molecule has 1 heterocycles. The molecule has 1 aliphatic rings. The van der Waals surface area contributed by atoms with Crippen molar-refractivity contribution in [2.75, 3.05) is 0 Å². The van der Waals surface area contributed by atoms with Crippen LogP contribution in [-0.4, -0.2) is 28.5 Å². The summed E-state index contributed by atoms with van der Waals surface area (Å²) in [6.07, 6.45) is -1.06. The van der Waals surface area contributed by atoms with Crippen molar-refractivity contribution in [1.29, 1.82) is 0 Å². The summed E-state index contributed by atoms with van der Waals surface area (Å²) in [4.78, 5) is 21.3. The summed E-state index contributed by atoms with van der Waals surface area (Å²) in [6, 6.07) is 0. The molecular weight excluding hydrogens is 219 g/mol. The zero-order chi connectivity index (χ0) is 10.2. The molecule has 0 fully saturated rings. The molecule has 0 aliphatic carbocycles. The molecule has 1 rings (SSSR count). The minimum Gasteiger partial charge on any atom is -0.480 e. The smallest absolute Gasteiger partial charge is 0.335 e. The molecule has 0 spiro atoms. The first-order valence-corrected chi connectivity index (χ1v) is 4.20. The second-order valence-electron chi connectivity index (χ2n) is 2.54. The van der Waals surface area contributed by atoms with Crippen molar-refractivity contribution in [2.24, 2.45) is 0 Å². The van der Waals surface area contributed by atoms with Gasteiger partial charge in [0, 0.05) is 0 Å². The standard InChI is InChI=1S/C7H6Cl2O4/c1-2-3(8)5(13-7(2)12)4(9)6(10)11/h4-5H,1H3,(H,10,11). The maximum absolute atomic E-state index is 10.9. The van der Waals surface area contributed by atoms with Crippen LogP contribution < -0.4 is 0 Å². The Morgan fingerprint density at radius 3 is 2.54 bits per heavy atom. The van der Waals surface area contributed by atoms with Crippen LogP contribution in [-0.2, 0) is 14.3 Å². The Hall–Kier alpha value is -0.740. The van der Waals surface area contributed by atoms with E-state index in [1.165, 1.54) is 6.92 Å². The zero-order valence-corrected chi connectivity index (χ0v) is 8.09. The molecule has 72 valence electrons. The number of carboxylic acid groups (broad SMARTS) is 1. The molecule has 0 aromatic rings. The highest BCUT2D eigenvalue weighted by molar-refractivity contribution is 6.36. The summed E-state index contributed by atoms with van der Waals surface area (Å²) in [7, 11) is 0. The normalized spacial score (nSPS) is 24.5. The Kier molecular flexibility index (Phi) is 2.83. The second-order valence-corrected chi connectivity index (χ2v) is 3.42. The van der Waals surface area contributed by atoms with Crippen molar-refractivity contribution in [2.45, 2.75) is 18.4 Å². The molecule has 4 nitrogen and oxygen atoms in total. The van der Waals surface area contributed by atoms with Crippen LogP contribution in [0.25, 0.3) is 0 Å². The molecule has 6 heteroatoms. The van der Waals surface area contributed by atoms with Crippen LogP contribution >= 0.6 is 23.2 Å². The maximum atomic E-state index is 10.9. The number of rotatable bonds is 2. The van der Waals surface area contributed by atoms with E-state index < -0.39 is 23.4 Å². The fourth-order valence-corrected chi connectivity index (χ4v) is 1.37. The van der Waals surface area contributed by atoms with Gasteiger partial charge in [0.05, 0.1) is 10.6 Å². The van der Waals surface area contributed by atoms with Crippen molar-refractivity contribution in [1.82, 2.24) is 0 Å². The van der Waals surface area contributed by atoms with E-state index in [4.69, 9.17) is 28.3 Å². The number of hydrogen-bond acceptors (Lipinski definition) is 3. The first-order chi connectivity index (χ1) is 5.95. The average Bonchev–Trinajstić information content (AvgIpc) is 2.31. The van der Waals surface area contributed by atoms with Gasteiger partial charge in [-0.2, -0.15) is 0 Å². The van der Waals surface area contributed by atoms with Gasteiger partial charge in [0.2, 0.25) is 0 Å². The summed E-state index contributed by atoms with van der Waals surface area (Å²) in [5, 5.41) is 7.25. The molecular formula is C7H6Cl2O4. The largest absolute Gasteiger partial charge is 0.480 e. The maximum Gasteiger partial charge on any atom is 0.335 e. The minimum atomic E-state index is -1.34. The van der Waals surface area contributed by atoms with Crippen molar-refractivity contribution >= 4 is 35.1 Å². The number of alkyl halides is 1. The van der Waals surface area contributed by atoms with Crippen molar-refractivity contribution < 1.29 is 19.4 Å². The Morgan fingerprint density at radius 2 is 2.23 bits per heavy atom. The van der Waals surface area contributed by atoms with Crippen molar-refractivity contribution in [3.63, 3.8) is 0 Å². The van der Waals surface area contributed by atoms with Gasteiger partial charge >= 0.3 is 11.9 Å². The summed E-state index contributed by atoms with van der Waals surface area (Å²) >= 11 is 11.1. The van der Waals surface area contributed by atoms with Crippen LogP contribution in [0.1, 0.15) is 6.92 Å². The van der Waals surface area contributed by atoms with Crippen molar-refractivity contribution in [3.05, 3.63) is 10.6 Å². The summed E-state index contributed by atoms with van der Waals surface area (Å²) < 4.78 is 4.65. The topological polar surface area (TPSA) is 63.6 Å². The third kappa shape index (κ3) is 1.78. The molecule has 0 saturated carbocycles. The third-order valence-corrected chi connectivity index (χ3v) is 2.56. The predicted octanol–water partition coefficient (Wildman–Crippen LogP) is 1.12. The van der Waals surface area contributed by atoms with Gasteiger partial charge < -0.3 is 9.84 Å². The second kappa shape index (κ2) is 3.55. The number of carbonyl (C=O) groups is 2. The molecule has 1 N–H and O–H groups in total. The van der Waals surface area contributed by atoms with Gasteiger partial charge in [0.1, 0.15) is 0 Å². The van der Waals surface area contributed by atoms with Gasteiger partial charge in [-0.15, -0.1) is 11.6 Å². The first-order valence-electron chi connectivity index (χ1n) is 3.39. The SMILES string of the molecule is CC1=C(Cl)C(C(Cl)C(=O)O)OC1=O. The Bertz CT molecular complexity index is 297. The highest BCUT2D eigenvalue weighted by Gasteiger charge is 2.39. The van der Waals surface area contributed by atoms with Gasteiger partial charge in [-0.05, 0) is 6.92 Å². The highest BCUT2D eigenvalue weighted by Crippen LogP contribution is 2.29. The van der Waals surface area contributed by atoms with E-state index in [-0.39, 0.29) is 10.6 Å².